The van der Waals surface area contributed by atoms with Crippen molar-refractivity contribution < 1.29 is 4.79 Å². The predicted molar refractivity (Wildman–Crippen MR) is 98.5 cm³/mol. The molecule has 3 N–H and O–H groups in total. The number of amides is 1. The predicted octanol–water partition coefficient (Wildman–Crippen LogP) is 2.19. The second kappa shape index (κ2) is 9.85. The summed E-state index contributed by atoms with van der Waals surface area (Å²) in [5.41, 5.74) is 8.36. The van der Waals surface area contributed by atoms with Gasteiger partial charge in [-0.15, -0.1) is 0 Å². The lowest BCUT2D eigenvalue weighted by Gasteiger charge is -2.17. The SMILES string of the molecule is CN(CCCNC(=O)C(N)Cc1ccccc1)Cc1ccccc1. The second-order valence-corrected chi connectivity index (χ2v) is 6.16. The molecule has 0 aromatic heterocycles. The third kappa shape index (κ3) is 6.52. The number of rotatable bonds is 9. The molecule has 4 nitrogen and oxygen atoms in total. The highest BCUT2D eigenvalue weighted by Crippen LogP contribution is 2.03. The molecule has 1 atom stereocenters. The highest BCUT2D eigenvalue weighted by atomic mass is 16.2. The third-order valence-corrected chi connectivity index (χ3v) is 3.95. The molecule has 1 unspecified atom stereocenters. The summed E-state index contributed by atoms with van der Waals surface area (Å²) in [5, 5.41) is 2.93. The highest BCUT2D eigenvalue weighted by molar-refractivity contribution is 5.81. The van der Waals surface area contributed by atoms with Gasteiger partial charge in [0.15, 0.2) is 0 Å². The zero-order chi connectivity index (χ0) is 17.2. The van der Waals surface area contributed by atoms with Crippen molar-refractivity contribution >= 4 is 5.91 Å². The van der Waals surface area contributed by atoms with Gasteiger partial charge < -0.3 is 16.0 Å². The molecule has 0 heterocycles. The van der Waals surface area contributed by atoms with Crippen LogP contribution in [0.15, 0.2) is 60.7 Å². The van der Waals surface area contributed by atoms with Crippen molar-refractivity contribution in [3.05, 3.63) is 71.8 Å². The van der Waals surface area contributed by atoms with E-state index in [1.165, 1.54) is 5.56 Å². The first-order chi connectivity index (χ1) is 11.6. The standard InChI is InChI=1S/C20H27N3O/c1-23(16-18-11-6-3-7-12-18)14-8-13-22-20(24)19(21)15-17-9-4-2-5-10-17/h2-7,9-12,19H,8,13-16,21H2,1H3,(H,22,24). The van der Waals surface area contributed by atoms with Gasteiger partial charge in [0.1, 0.15) is 0 Å². The van der Waals surface area contributed by atoms with Gasteiger partial charge in [-0.2, -0.15) is 0 Å². The Morgan fingerprint density at radius 1 is 1.04 bits per heavy atom. The Bertz CT molecular complexity index is 601. The fourth-order valence-electron chi connectivity index (χ4n) is 2.63. The molecule has 0 radical (unpaired) electrons. The summed E-state index contributed by atoms with van der Waals surface area (Å²) in [6.07, 6.45) is 1.48. The van der Waals surface area contributed by atoms with Crippen molar-refractivity contribution in [2.75, 3.05) is 20.1 Å². The van der Waals surface area contributed by atoms with Gasteiger partial charge in [-0.3, -0.25) is 4.79 Å². The van der Waals surface area contributed by atoms with Crippen LogP contribution in [-0.2, 0) is 17.8 Å². The Balaban J connectivity index is 1.62. The van der Waals surface area contributed by atoms with Crippen molar-refractivity contribution in [2.24, 2.45) is 5.73 Å². The van der Waals surface area contributed by atoms with E-state index in [2.05, 4.69) is 41.5 Å². The minimum Gasteiger partial charge on any atom is -0.355 e. The molecule has 0 aliphatic carbocycles. The van der Waals surface area contributed by atoms with Gasteiger partial charge in [0.25, 0.3) is 0 Å². The molecule has 24 heavy (non-hydrogen) atoms. The summed E-state index contributed by atoms with van der Waals surface area (Å²) in [6.45, 7) is 2.51. The molecular weight excluding hydrogens is 298 g/mol. The van der Waals surface area contributed by atoms with E-state index in [0.29, 0.717) is 13.0 Å². The zero-order valence-corrected chi connectivity index (χ0v) is 14.3. The van der Waals surface area contributed by atoms with E-state index < -0.39 is 6.04 Å². The summed E-state index contributed by atoms with van der Waals surface area (Å²) >= 11 is 0. The molecule has 1 amide bonds. The van der Waals surface area contributed by atoms with E-state index in [-0.39, 0.29) is 5.91 Å². The lowest BCUT2D eigenvalue weighted by atomic mass is 10.1. The molecule has 0 aliphatic heterocycles. The third-order valence-electron chi connectivity index (χ3n) is 3.95. The maximum absolute atomic E-state index is 12.0. The van der Waals surface area contributed by atoms with Gasteiger partial charge in [-0.1, -0.05) is 60.7 Å². The molecule has 2 aromatic carbocycles. The van der Waals surface area contributed by atoms with Gasteiger partial charge in [-0.05, 0) is 37.6 Å². The number of nitrogens with zero attached hydrogens (tertiary/aromatic N) is 1. The molecule has 0 saturated carbocycles. The topological polar surface area (TPSA) is 58.4 Å². The molecule has 128 valence electrons. The Morgan fingerprint density at radius 2 is 1.62 bits per heavy atom. The molecule has 0 spiro atoms. The van der Waals surface area contributed by atoms with Crippen molar-refractivity contribution in [3.63, 3.8) is 0 Å². The van der Waals surface area contributed by atoms with Crippen LogP contribution < -0.4 is 11.1 Å². The molecule has 2 rings (SSSR count). The van der Waals surface area contributed by atoms with Gasteiger partial charge in [-0.25, -0.2) is 0 Å². The van der Waals surface area contributed by atoms with Crippen molar-refractivity contribution in [3.8, 4) is 0 Å². The van der Waals surface area contributed by atoms with Crippen LogP contribution in [0.4, 0.5) is 0 Å². The van der Waals surface area contributed by atoms with Crippen LogP contribution in [0, 0.1) is 0 Å². The minimum atomic E-state index is -0.491. The number of hydrogen-bond donors (Lipinski definition) is 2. The van der Waals surface area contributed by atoms with E-state index in [1.54, 1.807) is 0 Å². The molecule has 0 saturated heterocycles. The van der Waals surface area contributed by atoms with Crippen LogP contribution in [-0.4, -0.2) is 37.0 Å². The number of carbonyl (C=O) groups excluding carboxylic acids is 1. The minimum absolute atomic E-state index is 0.0791. The largest absolute Gasteiger partial charge is 0.355 e. The molecule has 0 bridgehead atoms. The van der Waals surface area contributed by atoms with Crippen molar-refractivity contribution in [2.45, 2.75) is 25.4 Å². The molecule has 0 aliphatic rings. The quantitative estimate of drug-likeness (QED) is 0.695. The van der Waals surface area contributed by atoms with Crippen LogP contribution in [0.25, 0.3) is 0 Å². The summed E-state index contributed by atoms with van der Waals surface area (Å²) in [7, 11) is 2.09. The van der Waals surface area contributed by atoms with E-state index in [4.69, 9.17) is 5.73 Å². The van der Waals surface area contributed by atoms with Crippen LogP contribution in [0.1, 0.15) is 17.5 Å². The Hall–Kier alpha value is -2.17. The Labute approximate surface area is 144 Å². The lowest BCUT2D eigenvalue weighted by molar-refractivity contribution is -0.122. The van der Waals surface area contributed by atoms with Crippen LogP contribution in [0.2, 0.25) is 0 Å². The summed E-state index contributed by atoms with van der Waals surface area (Å²) in [4.78, 5) is 14.3. The second-order valence-electron chi connectivity index (χ2n) is 6.16. The maximum Gasteiger partial charge on any atom is 0.237 e. The van der Waals surface area contributed by atoms with Crippen molar-refractivity contribution in [1.82, 2.24) is 10.2 Å². The average molecular weight is 325 g/mol. The Kier molecular flexibility index (Phi) is 7.46. The summed E-state index contributed by atoms with van der Waals surface area (Å²) < 4.78 is 0. The number of carbonyl (C=O) groups is 1. The first-order valence-electron chi connectivity index (χ1n) is 8.45. The van der Waals surface area contributed by atoms with Crippen LogP contribution in [0.5, 0.6) is 0 Å². The molecule has 0 fully saturated rings. The van der Waals surface area contributed by atoms with E-state index in [9.17, 15) is 4.79 Å². The van der Waals surface area contributed by atoms with E-state index >= 15 is 0 Å². The normalized spacial score (nSPS) is 12.1. The monoisotopic (exact) mass is 325 g/mol. The molecule has 4 heteroatoms. The van der Waals surface area contributed by atoms with Gasteiger partial charge in [0.05, 0.1) is 6.04 Å². The van der Waals surface area contributed by atoms with Gasteiger partial charge in [0, 0.05) is 13.1 Å². The average Bonchev–Trinajstić information content (AvgIpc) is 2.60. The number of hydrogen-bond acceptors (Lipinski definition) is 3. The fourth-order valence-corrected chi connectivity index (χ4v) is 2.63. The zero-order valence-electron chi connectivity index (χ0n) is 14.3. The van der Waals surface area contributed by atoms with Gasteiger partial charge >= 0.3 is 0 Å². The number of nitrogens with two attached hydrogens (primary N) is 1. The first-order valence-corrected chi connectivity index (χ1v) is 8.45. The Morgan fingerprint density at radius 3 is 2.25 bits per heavy atom. The number of nitrogens with one attached hydrogen (secondary N) is 1. The fraction of sp³-hybridized carbons (Fsp3) is 0.350. The van der Waals surface area contributed by atoms with E-state index in [1.807, 2.05) is 36.4 Å². The molecular formula is C20H27N3O. The van der Waals surface area contributed by atoms with E-state index in [0.717, 1.165) is 25.1 Å². The molecule has 2 aromatic rings. The maximum atomic E-state index is 12.0. The van der Waals surface area contributed by atoms with Crippen LogP contribution in [0.3, 0.4) is 0 Å². The lowest BCUT2D eigenvalue weighted by Crippen LogP contribution is -2.42. The van der Waals surface area contributed by atoms with Crippen LogP contribution >= 0.6 is 0 Å². The smallest absolute Gasteiger partial charge is 0.237 e. The summed E-state index contributed by atoms with van der Waals surface area (Å²) in [6, 6.07) is 19.8. The highest BCUT2D eigenvalue weighted by Gasteiger charge is 2.13. The number of benzene rings is 2. The summed E-state index contributed by atoms with van der Waals surface area (Å²) in [5.74, 6) is -0.0791. The first kappa shape index (κ1) is 18.2. The van der Waals surface area contributed by atoms with Crippen molar-refractivity contribution in [1.29, 1.82) is 0 Å². The van der Waals surface area contributed by atoms with Gasteiger partial charge in [0.2, 0.25) is 5.91 Å².